The van der Waals surface area contributed by atoms with Crippen molar-refractivity contribution < 1.29 is 9.47 Å². The number of halogens is 1. The van der Waals surface area contributed by atoms with Crippen molar-refractivity contribution in [1.29, 1.82) is 0 Å². The van der Waals surface area contributed by atoms with Crippen LogP contribution in [0, 0.1) is 0 Å². The molecule has 0 radical (unpaired) electrons. The number of rotatable bonds is 5. The molecular formula is C20H18BrO2P. The van der Waals surface area contributed by atoms with Crippen LogP contribution < -0.4 is 25.4 Å². The second-order valence-electron chi connectivity index (χ2n) is 5.13. The summed E-state index contributed by atoms with van der Waals surface area (Å²) in [7, 11) is 2.62. The van der Waals surface area contributed by atoms with Gasteiger partial charge in [0.25, 0.3) is 0 Å². The molecule has 3 aromatic rings. The quantitative estimate of drug-likeness (QED) is 0.596. The highest BCUT2D eigenvalue weighted by molar-refractivity contribution is 9.10. The Kier molecular flexibility index (Phi) is 5.55. The molecule has 2 nitrogen and oxygen atoms in total. The SMILES string of the molecule is COc1ccccc1P(c1ccccc1Br)c1ccccc1OC. The maximum Gasteiger partial charge on any atom is 0.127 e. The number of ether oxygens (including phenoxy) is 2. The van der Waals surface area contributed by atoms with E-state index >= 15 is 0 Å². The number of hydrogen-bond donors (Lipinski definition) is 0. The maximum absolute atomic E-state index is 5.64. The average molecular weight is 401 g/mol. The van der Waals surface area contributed by atoms with Crippen LogP contribution in [0.25, 0.3) is 0 Å². The van der Waals surface area contributed by atoms with Gasteiger partial charge in [-0.3, -0.25) is 0 Å². The summed E-state index contributed by atoms with van der Waals surface area (Å²) < 4.78 is 12.4. The van der Waals surface area contributed by atoms with E-state index in [2.05, 4.69) is 58.4 Å². The normalized spacial score (nSPS) is 10.7. The highest BCUT2D eigenvalue weighted by Crippen LogP contribution is 2.41. The fraction of sp³-hybridized carbons (Fsp3) is 0.100. The van der Waals surface area contributed by atoms with Crippen LogP contribution in [0.4, 0.5) is 0 Å². The van der Waals surface area contributed by atoms with Crippen molar-refractivity contribution in [3.05, 3.63) is 77.3 Å². The van der Waals surface area contributed by atoms with E-state index in [-0.39, 0.29) is 0 Å². The number of methoxy groups -OCH3 is 2. The van der Waals surface area contributed by atoms with Crippen LogP contribution >= 0.6 is 23.9 Å². The van der Waals surface area contributed by atoms with Gasteiger partial charge in [-0.2, -0.15) is 0 Å². The minimum absolute atomic E-state index is 0.817. The first-order valence-corrected chi connectivity index (χ1v) is 9.70. The Labute approximate surface area is 152 Å². The van der Waals surface area contributed by atoms with Crippen molar-refractivity contribution in [2.75, 3.05) is 14.2 Å². The summed E-state index contributed by atoms with van der Waals surface area (Å²) >= 11 is 3.72. The number of benzene rings is 3. The molecule has 0 spiro atoms. The number of hydrogen-bond acceptors (Lipinski definition) is 2. The summed E-state index contributed by atoms with van der Waals surface area (Å²) in [6.07, 6.45) is 0. The lowest BCUT2D eigenvalue weighted by molar-refractivity contribution is 0.417. The van der Waals surface area contributed by atoms with Gasteiger partial charge in [0.1, 0.15) is 11.5 Å². The van der Waals surface area contributed by atoms with Crippen LogP contribution in [-0.2, 0) is 0 Å². The Morgan fingerprint density at radius 1 is 0.625 bits per heavy atom. The van der Waals surface area contributed by atoms with Crippen LogP contribution in [0.1, 0.15) is 0 Å². The van der Waals surface area contributed by atoms with E-state index < -0.39 is 7.92 Å². The zero-order valence-electron chi connectivity index (χ0n) is 13.6. The van der Waals surface area contributed by atoms with E-state index in [0.717, 1.165) is 16.0 Å². The Morgan fingerprint density at radius 3 is 1.50 bits per heavy atom. The van der Waals surface area contributed by atoms with Crippen molar-refractivity contribution in [2.24, 2.45) is 0 Å². The van der Waals surface area contributed by atoms with Crippen LogP contribution in [0.5, 0.6) is 11.5 Å². The smallest absolute Gasteiger partial charge is 0.127 e. The standard InChI is InChI=1S/C20H18BrO2P/c1-22-16-10-4-7-13-19(16)24(18-12-6-3-9-15(18)21)20-14-8-5-11-17(20)23-2/h3-14H,1-2H3. The first-order chi connectivity index (χ1) is 11.8. The van der Waals surface area contributed by atoms with E-state index in [4.69, 9.17) is 9.47 Å². The van der Waals surface area contributed by atoms with Gasteiger partial charge >= 0.3 is 0 Å². The molecule has 0 heterocycles. The molecule has 24 heavy (non-hydrogen) atoms. The highest BCUT2D eigenvalue weighted by atomic mass is 79.9. The van der Waals surface area contributed by atoms with Crippen molar-refractivity contribution in [3.8, 4) is 11.5 Å². The molecule has 0 saturated carbocycles. The van der Waals surface area contributed by atoms with Gasteiger partial charge in [0.2, 0.25) is 0 Å². The van der Waals surface area contributed by atoms with Gasteiger partial charge in [-0.05, 0) is 31.4 Å². The molecule has 0 unspecified atom stereocenters. The van der Waals surface area contributed by atoms with E-state index in [0.29, 0.717) is 0 Å². The molecule has 0 aliphatic carbocycles. The Balaban J connectivity index is 2.28. The minimum Gasteiger partial charge on any atom is -0.496 e. The Bertz CT molecular complexity index is 788. The molecule has 3 aromatic carbocycles. The molecule has 122 valence electrons. The molecular weight excluding hydrogens is 383 g/mol. The van der Waals surface area contributed by atoms with Crippen LogP contribution in [0.15, 0.2) is 77.3 Å². The van der Waals surface area contributed by atoms with E-state index in [1.807, 2.05) is 30.3 Å². The summed E-state index contributed by atoms with van der Waals surface area (Å²) in [6, 6.07) is 24.7. The van der Waals surface area contributed by atoms with Gasteiger partial charge in [-0.1, -0.05) is 70.5 Å². The fourth-order valence-corrected chi connectivity index (χ4v) is 6.01. The molecule has 0 amide bonds. The Morgan fingerprint density at radius 2 is 1.04 bits per heavy atom. The Hall–Kier alpha value is -1.83. The zero-order chi connectivity index (χ0) is 16.9. The summed E-state index contributed by atoms with van der Waals surface area (Å²) in [6.45, 7) is 0. The van der Waals surface area contributed by atoms with Gasteiger partial charge < -0.3 is 9.47 Å². The van der Waals surface area contributed by atoms with Crippen molar-refractivity contribution >= 4 is 39.8 Å². The molecule has 0 aromatic heterocycles. The average Bonchev–Trinajstić information content (AvgIpc) is 2.64. The zero-order valence-corrected chi connectivity index (χ0v) is 16.1. The van der Waals surface area contributed by atoms with Gasteiger partial charge in [-0.25, -0.2) is 0 Å². The summed E-state index contributed by atoms with van der Waals surface area (Å²) in [4.78, 5) is 0. The monoisotopic (exact) mass is 400 g/mol. The molecule has 0 fully saturated rings. The molecule has 0 bridgehead atoms. The van der Waals surface area contributed by atoms with Crippen molar-refractivity contribution in [2.45, 2.75) is 0 Å². The molecule has 3 rings (SSSR count). The predicted octanol–water partition coefficient (Wildman–Crippen LogP) is 4.22. The largest absolute Gasteiger partial charge is 0.496 e. The minimum atomic E-state index is -0.817. The van der Waals surface area contributed by atoms with Crippen LogP contribution in [0.2, 0.25) is 0 Å². The van der Waals surface area contributed by atoms with Gasteiger partial charge in [0.15, 0.2) is 0 Å². The van der Waals surface area contributed by atoms with E-state index in [1.165, 1.54) is 15.9 Å². The third kappa shape index (κ3) is 3.33. The fourth-order valence-electron chi connectivity index (χ4n) is 2.65. The maximum atomic E-state index is 5.64. The summed E-state index contributed by atoms with van der Waals surface area (Å²) in [5.74, 6) is 1.79. The lowest BCUT2D eigenvalue weighted by Crippen LogP contribution is -2.23. The third-order valence-corrected chi connectivity index (χ3v) is 7.32. The first-order valence-electron chi connectivity index (χ1n) is 7.57. The lowest BCUT2D eigenvalue weighted by Gasteiger charge is -2.24. The summed E-state index contributed by atoms with van der Waals surface area (Å²) in [5.41, 5.74) is 0. The van der Waals surface area contributed by atoms with E-state index in [9.17, 15) is 0 Å². The molecule has 4 heteroatoms. The highest BCUT2D eigenvalue weighted by Gasteiger charge is 2.24. The van der Waals surface area contributed by atoms with Crippen LogP contribution in [-0.4, -0.2) is 14.2 Å². The predicted molar refractivity (Wildman–Crippen MR) is 106 cm³/mol. The second kappa shape index (κ2) is 7.83. The van der Waals surface area contributed by atoms with E-state index in [1.54, 1.807) is 14.2 Å². The summed E-state index contributed by atoms with van der Waals surface area (Å²) in [5, 5.41) is 3.58. The van der Waals surface area contributed by atoms with Gasteiger partial charge in [0, 0.05) is 15.1 Å². The molecule has 0 aliphatic heterocycles. The van der Waals surface area contributed by atoms with Crippen LogP contribution in [0.3, 0.4) is 0 Å². The number of para-hydroxylation sites is 2. The third-order valence-electron chi connectivity index (χ3n) is 3.75. The van der Waals surface area contributed by atoms with Gasteiger partial charge in [-0.15, -0.1) is 0 Å². The first kappa shape index (κ1) is 17.0. The van der Waals surface area contributed by atoms with Crippen molar-refractivity contribution in [3.63, 3.8) is 0 Å². The topological polar surface area (TPSA) is 18.5 Å². The van der Waals surface area contributed by atoms with Crippen molar-refractivity contribution in [1.82, 2.24) is 0 Å². The molecule has 0 atom stereocenters. The molecule has 0 saturated heterocycles. The lowest BCUT2D eigenvalue weighted by atomic mass is 10.3. The van der Waals surface area contributed by atoms with Gasteiger partial charge in [0.05, 0.1) is 14.2 Å². The molecule has 0 aliphatic rings. The molecule has 0 N–H and O–H groups in total. The second-order valence-corrected chi connectivity index (χ2v) is 8.10.